The van der Waals surface area contributed by atoms with Gasteiger partial charge in [-0.3, -0.25) is 0 Å². The van der Waals surface area contributed by atoms with E-state index in [0.717, 1.165) is 16.0 Å². The third-order valence-corrected chi connectivity index (χ3v) is 3.29. The number of nitrogens with zero attached hydrogens (tertiary/aromatic N) is 3. The molecule has 0 aliphatic heterocycles. The van der Waals surface area contributed by atoms with Crippen LogP contribution in [0.2, 0.25) is 0 Å². The first kappa shape index (κ1) is 12.1. The van der Waals surface area contributed by atoms with E-state index in [-0.39, 0.29) is 0 Å². The number of rotatable bonds is 3. The molecular weight excluding hydrogens is 280 g/mol. The summed E-state index contributed by atoms with van der Waals surface area (Å²) >= 11 is 3.58. The third kappa shape index (κ3) is 2.66. The molecule has 90 valence electrons. The highest BCUT2D eigenvalue weighted by atomic mass is 79.9. The van der Waals surface area contributed by atoms with E-state index in [4.69, 9.17) is 0 Å². The molecule has 0 spiro atoms. The molecule has 0 bridgehead atoms. The molecule has 1 heterocycles. The first-order valence-electron chi connectivity index (χ1n) is 5.41. The maximum atomic E-state index is 4.04. The Hall–Kier alpha value is -1.36. The number of aromatic nitrogens is 3. The summed E-state index contributed by atoms with van der Waals surface area (Å²) in [6.07, 6.45) is 1.70. The molecular formula is C12H15BrN4. The van der Waals surface area contributed by atoms with Gasteiger partial charge in [0.2, 0.25) is 0 Å². The van der Waals surface area contributed by atoms with Gasteiger partial charge in [0.25, 0.3) is 0 Å². The van der Waals surface area contributed by atoms with Gasteiger partial charge in [-0.25, -0.2) is 0 Å². The van der Waals surface area contributed by atoms with Crippen molar-refractivity contribution in [3.63, 3.8) is 0 Å². The fourth-order valence-corrected chi connectivity index (χ4v) is 2.59. The van der Waals surface area contributed by atoms with Crippen LogP contribution in [0.25, 0.3) is 0 Å². The zero-order chi connectivity index (χ0) is 12.4. The van der Waals surface area contributed by atoms with E-state index < -0.39 is 0 Å². The van der Waals surface area contributed by atoms with Crippen LogP contribution in [0.15, 0.2) is 22.9 Å². The minimum absolute atomic E-state index is 0.666. The predicted octanol–water partition coefficient (Wildman–Crippen LogP) is 2.81. The highest BCUT2D eigenvalue weighted by Gasteiger charge is 2.06. The quantitative estimate of drug-likeness (QED) is 0.947. The lowest BCUT2D eigenvalue weighted by Crippen LogP contribution is -2.07. The average molecular weight is 295 g/mol. The van der Waals surface area contributed by atoms with Gasteiger partial charge in [-0.2, -0.15) is 0 Å². The van der Waals surface area contributed by atoms with Crippen LogP contribution in [0.1, 0.15) is 17.0 Å². The summed E-state index contributed by atoms with van der Waals surface area (Å²) in [5.74, 6) is 0.914. The Morgan fingerprint density at radius 3 is 2.71 bits per heavy atom. The molecule has 17 heavy (non-hydrogen) atoms. The fraction of sp³-hybridized carbons (Fsp3) is 0.333. The summed E-state index contributed by atoms with van der Waals surface area (Å²) in [5.41, 5.74) is 3.58. The molecule has 4 nitrogen and oxygen atoms in total. The molecule has 1 aromatic heterocycles. The van der Waals surface area contributed by atoms with Crippen LogP contribution in [0, 0.1) is 13.8 Å². The number of anilines is 1. The second kappa shape index (κ2) is 4.87. The Morgan fingerprint density at radius 1 is 1.35 bits per heavy atom. The Balaban J connectivity index is 2.17. The summed E-state index contributed by atoms with van der Waals surface area (Å²) in [7, 11) is 1.94. The first-order valence-corrected chi connectivity index (χ1v) is 6.20. The Labute approximate surface area is 109 Å². The van der Waals surface area contributed by atoms with Crippen LogP contribution >= 0.6 is 15.9 Å². The topological polar surface area (TPSA) is 42.7 Å². The summed E-state index contributed by atoms with van der Waals surface area (Å²) in [6.45, 7) is 4.85. The average Bonchev–Trinajstić information content (AvgIpc) is 2.62. The highest BCUT2D eigenvalue weighted by Crippen LogP contribution is 2.27. The number of nitrogens with one attached hydrogen (secondary N) is 1. The second-order valence-corrected chi connectivity index (χ2v) is 5.00. The minimum atomic E-state index is 0.666. The summed E-state index contributed by atoms with van der Waals surface area (Å²) in [6, 6.07) is 4.26. The van der Waals surface area contributed by atoms with E-state index in [0.29, 0.717) is 6.54 Å². The summed E-state index contributed by atoms with van der Waals surface area (Å²) in [4.78, 5) is 0. The Kier molecular flexibility index (Phi) is 3.47. The van der Waals surface area contributed by atoms with Crippen molar-refractivity contribution < 1.29 is 0 Å². The number of halogens is 1. The van der Waals surface area contributed by atoms with Crippen molar-refractivity contribution in [3.05, 3.63) is 39.9 Å². The van der Waals surface area contributed by atoms with Crippen molar-refractivity contribution in [1.29, 1.82) is 0 Å². The van der Waals surface area contributed by atoms with Crippen LogP contribution in [0.4, 0.5) is 5.69 Å². The van der Waals surface area contributed by atoms with Crippen LogP contribution in [-0.2, 0) is 13.6 Å². The highest BCUT2D eigenvalue weighted by molar-refractivity contribution is 9.10. The molecule has 0 aliphatic rings. The molecule has 1 N–H and O–H groups in total. The van der Waals surface area contributed by atoms with Gasteiger partial charge < -0.3 is 9.88 Å². The van der Waals surface area contributed by atoms with Crippen molar-refractivity contribution in [2.75, 3.05) is 5.32 Å². The molecule has 0 unspecified atom stereocenters. The molecule has 2 aromatic rings. The van der Waals surface area contributed by atoms with E-state index in [1.54, 1.807) is 6.33 Å². The molecule has 1 aromatic carbocycles. The monoisotopic (exact) mass is 294 g/mol. The third-order valence-electron chi connectivity index (χ3n) is 2.66. The standard InChI is InChI=1S/C12H15BrN4/c1-8-4-9(2)12(10(13)5-8)14-6-11-16-15-7-17(11)3/h4-5,7,14H,6H2,1-3H3. The Bertz CT molecular complexity index is 510. The normalized spacial score (nSPS) is 10.6. The van der Waals surface area contributed by atoms with Crippen molar-refractivity contribution in [2.45, 2.75) is 20.4 Å². The zero-order valence-corrected chi connectivity index (χ0v) is 11.7. The number of hydrogen-bond donors (Lipinski definition) is 1. The van der Waals surface area contributed by atoms with Gasteiger partial charge in [-0.05, 0) is 47.0 Å². The van der Waals surface area contributed by atoms with Gasteiger partial charge in [0, 0.05) is 11.5 Å². The van der Waals surface area contributed by atoms with Gasteiger partial charge in [-0.15, -0.1) is 10.2 Å². The molecule has 2 rings (SSSR count). The van der Waals surface area contributed by atoms with Crippen LogP contribution in [0.5, 0.6) is 0 Å². The lowest BCUT2D eigenvalue weighted by molar-refractivity contribution is 0.811. The Morgan fingerprint density at radius 2 is 2.12 bits per heavy atom. The molecule has 0 saturated heterocycles. The molecule has 0 fully saturated rings. The van der Waals surface area contributed by atoms with Gasteiger partial charge in [0.1, 0.15) is 6.33 Å². The molecule has 0 atom stereocenters. The number of benzene rings is 1. The molecule has 0 amide bonds. The van der Waals surface area contributed by atoms with E-state index >= 15 is 0 Å². The number of aryl methyl sites for hydroxylation is 3. The summed E-state index contributed by atoms with van der Waals surface area (Å²) < 4.78 is 2.99. The molecule has 5 heteroatoms. The largest absolute Gasteiger partial charge is 0.377 e. The smallest absolute Gasteiger partial charge is 0.151 e. The van der Waals surface area contributed by atoms with Crippen molar-refractivity contribution in [2.24, 2.45) is 7.05 Å². The van der Waals surface area contributed by atoms with Crippen molar-refractivity contribution >= 4 is 21.6 Å². The van der Waals surface area contributed by atoms with E-state index in [2.05, 4.69) is 57.4 Å². The van der Waals surface area contributed by atoms with Crippen LogP contribution < -0.4 is 5.32 Å². The van der Waals surface area contributed by atoms with Crippen LogP contribution in [0.3, 0.4) is 0 Å². The minimum Gasteiger partial charge on any atom is -0.377 e. The fourth-order valence-electron chi connectivity index (χ4n) is 1.77. The van der Waals surface area contributed by atoms with Gasteiger partial charge >= 0.3 is 0 Å². The van der Waals surface area contributed by atoms with Gasteiger partial charge in [0.05, 0.1) is 12.2 Å². The second-order valence-electron chi connectivity index (χ2n) is 4.15. The SMILES string of the molecule is Cc1cc(C)c(NCc2nncn2C)c(Br)c1. The molecule has 0 radical (unpaired) electrons. The lowest BCUT2D eigenvalue weighted by Gasteiger charge is -2.12. The first-order chi connectivity index (χ1) is 8.08. The lowest BCUT2D eigenvalue weighted by atomic mass is 10.1. The molecule has 0 aliphatic carbocycles. The van der Waals surface area contributed by atoms with Crippen molar-refractivity contribution in [1.82, 2.24) is 14.8 Å². The zero-order valence-electron chi connectivity index (χ0n) is 10.2. The van der Waals surface area contributed by atoms with E-state index in [1.807, 2.05) is 11.6 Å². The van der Waals surface area contributed by atoms with Gasteiger partial charge in [-0.1, -0.05) is 6.07 Å². The maximum absolute atomic E-state index is 4.04. The predicted molar refractivity (Wildman–Crippen MR) is 71.9 cm³/mol. The molecule has 0 saturated carbocycles. The van der Waals surface area contributed by atoms with Crippen LogP contribution in [-0.4, -0.2) is 14.8 Å². The summed E-state index contributed by atoms with van der Waals surface area (Å²) in [5, 5.41) is 11.3. The van der Waals surface area contributed by atoms with E-state index in [1.165, 1.54) is 11.1 Å². The van der Waals surface area contributed by atoms with Gasteiger partial charge in [0.15, 0.2) is 5.82 Å². The van der Waals surface area contributed by atoms with Crippen molar-refractivity contribution in [3.8, 4) is 0 Å². The maximum Gasteiger partial charge on any atom is 0.151 e. The van der Waals surface area contributed by atoms with E-state index in [9.17, 15) is 0 Å². The number of hydrogen-bond acceptors (Lipinski definition) is 3.